The quantitative estimate of drug-likeness (QED) is 0.153. The molecule has 0 saturated carbocycles. The van der Waals surface area contributed by atoms with Gasteiger partial charge in [0.25, 0.3) is 0 Å². The van der Waals surface area contributed by atoms with Crippen LogP contribution in [0.15, 0.2) is 140 Å². The normalized spacial score (nSPS) is 11.9. The van der Waals surface area contributed by atoms with Crippen molar-refractivity contribution in [3.05, 3.63) is 180 Å². The van der Waals surface area contributed by atoms with Crippen molar-refractivity contribution in [2.45, 2.75) is 65.2 Å². The largest absolute Gasteiger partial charge is 0.147 e. The average Bonchev–Trinajstić information content (AvgIpc) is 3.84. The van der Waals surface area contributed by atoms with Crippen molar-refractivity contribution in [1.82, 2.24) is 0 Å². The summed E-state index contributed by atoms with van der Waals surface area (Å²) in [5, 5.41) is 2.44. The van der Waals surface area contributed by atoms with E-state index in [4.69, 9.17) is 0 Å². The molecule has 52 heavy (non-hydrogen) atoms. The first-order chi connectivity index (χ1) is 24.1. The third-order valence-electron chi connectivity index (χ3n) is 8.98. The van der Waals surface area contributed by atoms with E-state index in [2.05, 4.69) is 167 Å². The van der Waals surface area contributed by atoms with Crippen LogP contribution in [0.3, 0.4) is 0 Å². The zero-order valence-corrected chi connectivity index (χ0v) is 35.3. The Bertz CT molecular complexity index is 1920. The van der Waals surface area contributed by atoms with Gasteiger partial charge in [-0.2, -0.15) is 6.08 Å². The Hall–Kier alpha value is -3.61. The van der Waals surface area contributed by atoms with Crippen LogP contribution in [0.25, 0.3) is 44.2 Å². The Kier molecular flexibility index (Phi) is 16.0. The van der Waals surface area contributed by atoms with Crippen LogP contribution in [-0.2, 0) is 41.5 Å². The molecule has 6 aromatic rings. The first kappa shape index (κ1) is 42.8. The predicted molar refractivity (Wildman–Crippen MR) is 228 cm³/mol. The Morgan fingerprint density at radius 2 is 1.19 bits per heavy atom. The molecule has 8 rings (SSSR count). The maximum atomic E-state index is 3.88. The molecule has 0 amide bonds. The monoisotopic (exact) mass is 797 g/mol. The second-order valence-corrected chi connectivity index (χ2v) is 14.7. The second-order valence-electron chi connectivity index (χ2n) is 14.7. The summed E-state index contributed by atoms with van der Waals surface area (Å²) in [6.45, 7) is 13.9. The molecule has 0 radical (unpaired) electrons. The molecule has 0 aromatic heterocycles. The molecule has 2 aliphatic rings. The molecular formula is C49H49Cl2Zr-3. The Morgan fingerprint density at radius 3 is 1.75 bits per heavy atom. The molecule has 0 fully saturated rings. The van der Waals surface area contributed by atoms with Crippen molar-refractivity contribution in [2.75, 3.05) is 0 Å². The standard InChI is InChI=1S/C33H33.C10H7.C5H5.CH2.2ClH.Zr/c1-32(2,3)30-20-26-24(18-28(30)22-13-9-7-10-14-22)17-25-19-29(23-15-11-8-12-16-23)31(21-27(25)26)33(4,5)6;1-2-6-10-8-4-3-7-9(10)5-1;1-2-4-5-3-1;;;;/h7-16,18,20-21H,17H2,1-6H3;1-7H;1-3H,4H2;1H2;2*1H;/q3*-1;;;;. The molecule has 3 heteroatoms. The number of halogens is 2. The van der Waals surface area contributed by atoms with Gasteiger partial charge in [-0.1, -0.05) is 143 Å². The van der Waals surface area contributed by atoms with Crippen molar-refractivity contribution in [3.63, 3.8) is 0 Å². The van der Waals surface area contributed by atoms with Crippen LogP contribution in [0, 0.1) is 18.2 Å². The molecule has 0 N–H and O–H groups in total. The van der Waals surface area contributed by atoms with Crippen LogP contribution in [0.2, 0.25) is 0 Å². The van der Waals surface area contributed by atoms with Gasteiger partial charge < -0.3 is 0 Å². The number of fused-ring (bicyclic) bond motifs is 4. The summed E-state index contributed by atoms with van der Waals surface area (Å²) in [6, 6.07) is 50.2. The van der Waals surface area contributed by atoms with Gasteiger partial charge >= 0.3 is 28.4 Å². The third kappa shape index (κ3) is 10.5. The first-order valence-electron chi connectivity index (χ1n) is 17.4. The molecule has 266 valence electrons. The van der Waals surface area contributed by atoms with Gasteiger partial charge in [0.05, 0.1) is 0 Å². The molecule has 0 heterocycles. The average molecular weight is 800 g/mol. The van der Waals surface area contributed by atoms with Gasteiger partial charge in [0.15, 0.2) is 0 Å². The molecular weight excluding hydrogens is 751 g/mol. The molecule has 0 atom stereocenters. The van der Waals surface area contributed by atoms with Gasteiger partial charge in [0.2, 0.25) is 0 Å². The zero-order valence-electron chi connectivity index (χ0n) is 31.2. The van der Waals surface area contributed by atoms with Crippen LogP contribution in [0.4, 0.5) is 0 Å². The van der Waals surface area contributed by atoms with Gasteiger partial charge in [0, 0.05) is 0 Å². The maximum absolute atomic E-state index is 3.88. The number of hydrogen-bond donors (Lipinski definition) is 0. The summed E-state index contributed by atoms with van der Waals surface area (Å²) in [5.41, 5.74) is 13.5. The number of allylic oxidation sites excluding steroid dienone is 4. The van der Waals surface area contributed by atoms with Crippen LogP contribution in [0.5, 0.6) is 0 Å². The van der Waals surface area contributed by atoms with Gasteiger partial charge in [0.1, 0.15) is 0 Å². The van der Waals surface area contributed by atoms with Gasteiger partial charge in [-0.25, -0.2) is 12.2 Å². The second kappa shape index (κ2) is 19.5. The van der Waals surface area contributed by atoms with E-state index in [1.54, 1.807) is 0 Å². The summed E-state index contributed by atoms with van der Waals surface area (Å²) in [6.07, 6.45) is 10.9. The Morgan fingerprint density at radius 1 is 0.615 bits per heavy atom. The predicted octanol–water partition coefficient (Wildman–Crippen LogP) is 13.7. The van der Waals surface area contributed by atoms with Gasteiger partial charge in [-0.15, -0.1) is 107 Å². The smallest absolute Gasteiger partial charge is 0.0801 e. The SMILES string of the molecule is CC(C)(C)c1cc2c([c-]c1-c1ccccc1)Cc1cc(-c3ccccc3)c(C(C)(C)C)cc1-2.Cl.Cl.[C-]1=CC=CC1.[CH2]=[Zr].[c-]1cccc2ccccc12. The van der Waals surface area contributed by atoms with E-state index in [0.717, 1.165) is 12.8 Å². The maximum Gasteiger partial charge on any atom is -0.0801 e. The van der Waals surface area contributed by atoms with Crippen molar-refractivity contribution >= 4 is 39.8 Å². The van der Waals surface area contributed by atoms with E-state index in [9.17, 15) is 0 Å². The summed E-state index contributed by atoms with van der Waals surface area (Å²) in [4.78, 5) is 0. The zero-order chi connectivity index (χ0) is 35.7. The van der Waals surface area contributed by atoms with E-state index in [1.807, 2.05) is 36.4 Å². The topological polar surface area (TPSA) is 0 Å². The Labute approximate surface area is 340 Å². The van der Waals surface area contributed by atoms with Crippen LogP contribution < -0.4 is 0 Å². The molecule has 0 saturated heterocycles. The molecule has 0 bridgehead atoms. The van der Waals surface area contributed by atoms with E-state index in [1.165, 1.54) is 90.6 Å². The van der Waals surface area contributed by atoms with E-state index >= 15 is 0 Å². The number of benzene rings is 6. The summed E-state index contributed by atoms with van der Waals surface area (Å²) >= 11 is 1.30. The van der Waals surface area contributed by atoms with Crippen molar-refractivity contribution in [3.8, 4) is 33.4 Å². The summed E-state index contributed by atoms with van der Waals surface area (Å²) in [5.74, 6) is 0. The molecule has 2 aliphatic carbocycles. The molecule has 0 unspecified atom stereocenters. The minimum Gasteiger partial charge on any atom is -0.147 e. The fourth-order valence-electron chi connectivity index (χ4n) is 6.51. The van der Waals surface area contributed by atoms with Crippen LogP contribution in [-0.4, -0.2) is 4.21 Å². The number of hydrogen-bond acceptors (Lipinski definition) is 0. The number of rotatable bonds is 2. The summed E-state index contributed by atoms with van der Waals surface area (Å²) < 4.78 is 3.34. The van der Waals surface area contributed by atoms with Crippen molar-refractivity contribution < 1.29 is 24.2 Å². The molecule has 6 aromatic carbocycles. The van der Waals surface area contributed by atoms with Gasteiger partial charge in [-0.05, 0) is 39.5 Å². The van der Waals surface area contributed by atoms with Crippen LogP contribution in [0.1, 0.15) is 70.2 Å². The van der Waals surface area contributed by atoms with E-state index in [0.29, 0.717) is 0 Å². The summed E-state index contributed by atoms with van der Waals surface area (Å²) in [7, 11) is 0. The third-order valence-corrected chi connectivity index (χ3v) is 8.98. The van der Waals surface area contributed by atoms with Crippen molar-refractivity contribution in [1.29, 1.82) is 0 Å². The van der Waals surface area contributed by atoms with Gasteiger partial charge in [-0.3, -0.25) is 6.08 Å². The first-order valence-corrected chi connectivity index (χ1v) is 19.1. The fourth-order valence-corrected chi connectivity index (χ4v) is 6.51. The van der Waals surface area contributed by atoms with E-state index in [-0.39, 0.29) is 35.6 Å². The van der Waals surface area contributed by atoms with E-state index < -0.39 is 0 Å². The van der Waals surface area contributed by atoms with Crippen LogP contribution >= 0.6 is 24.8 Å². The Balaban J connectivity index is 0.000000315. The molecule has 0 spiro atoms. The molecule has 0 aliphatic heterocycles. The van der Waals surface area contributed by atoms with Crippen molar-refractivity contribution in [2.24, 2.45) is 0 Å². The molecule has 0 nitrogen and oxygen atoms in total. The fraction of sp³-hybridized carbons (Fsp3) is 0.204. The minimum absolute atomic E-state index is 0. The minimum atomic E-state index is 0.